The minimum Gasteiger partial charge on any atom is -0.496 e. The highest BCUT2D eigenvalue weighted by Crippen LogP contribution is 2.30. The molecule has 2 N–H and O–H groups in total. The molecule has 0 aliphatic rings. The van der Waals surface area contributed by atoms with E-state index in [1.807, 2.05) is 0 Å². The molecule has 0 saturated heterocycles. The van der Waals surface area contributed by atoms with Gasteiger partial charge in [-0.25, -0.2) is 0 Å². The molecular weight excluding hydrogens is 222 g/mol. The Hall–Kier alpha value is -1.02. The Bertz CT molecular complexity index is 404. The van der Waals surface area contributed by atoms with Gasteiger partial charge in [0.2, 0.25) is 0 Å². The molecule has 0 bridgehead atoms. The van der Waals surface area contributed by atoms with E-state index in [1.54, 1.807) is 7.11 Å². The zero-order valence-electron chi connectivity index (χ0n) is 12.6. The van der Waals surface area contributed by atoms with Crippen LogP contribution in [0.1, 0.15) is 56.3 Å². The van der Waals surface area contributed by atoms with Gasteiger partial charge in [-0.05, 0) is 54.9 Å². The van der Waals surface area contributed by atoms with E-state index < -0.39 is 0 Å². The molecule has 0 aliphatic carbocycles. The lowest BCUT2D eigenvalue weighted by Crippen LogP contribution is -2.16. The van der Waals surface area contributed by atoms with Crippen LogP contribution in [-0.2, 0) is 0 Å². The Kier molecular flexibility index (Phi) is 4.80. The second-order valence-corrected chi connectivity index (χ2v) is 6.38. The molecule has 0 radical (unpaired) electrons. The number of methoxy groups -OCH3 is 1. The van der Waals surface area contributed by atoms with Crippen LogP contribution >= 0.6 is 0 Å². The van der Waals surface area contributed by atoms with Crippen molar-refractivity contribution in [2.75, 3.05) is 7.11 Å². The molecule has 18 heavy (non-hydrogen) atoms. The maximum atomic E-state index is 6.32. The lowest BCUT2D eigenvalue weighted by Gasteiger charge is -2.22. The van der Waals surface area contributed by atoms with E-state index in [0.29, 0.717) is 5.41 Å². The van der Waals surface area contributed by atoms with Crippen LogP contribution in [0.2, 0.25) is 0 Å². The largest absolute Gasteiger partial charge is 0.496 e. The Morgan fingerprint density at radius 1 is 1.17 bits per heavy atom. The predicted molar refractivity (Wildman–Crippen MR) is 78.1 cm³/mol. The quantitative estimate of drug-likeness (QED) is 0.870. The highest BCUT2D eigenvalue weighted by Gasteiger charge is 2.16. The fourth-order valence-electron chi connectivity index (χ4n) is 2.18. The average molecular weight is 249 g/mol. The molecule has 1 unspecified atom stereocenters. The van der Waals surface area contributed by atoms with E-state index >= 15 is 0 Å². The zero-order chi connectivity index (χ0) is 13.9. The topological polar surface area (TPSA) is 35.2 Å². The lowest BCUT2D eigenvalue weighted by atomic mass is 9.86. The van der Waals surface area contributed by atoms with E-state index in [-0.39, 0.29) is 6.04 Å². The fraction of sp³-hybridized carbons (Fsp3) is 0.625. The van der Waals surface area contributed by atoms with E-state index in [9.17, 15) is 0 Å². The molecular formula is C16H27NO. The van der Waals surface area contributed by atoms with Crippen molar-refractivity contribution in [3.63, 3.8) is 0 Å². The monoisotopic (exact) mass is 249 g/mol. The molecule has 1 aromatic carbocycles. The second kappa shape index (κ2) is 5.75. The molecule has 0 fully saturated rings. The highest BCUT2D eigenvalue weighted by atomic mass is 16.5. The number of nitrogens with two attached hydrogens (primary N) is 1. The fourth-order valence-corrected chi connectivity index (χ4v) is 2.18. The Balaban J connectivity index is 2.86. The summed E-state index contributed by atoms with van der Waals surface area (Å²) in [5.74, 6) is 0.944. The number of ether oxygens (including phenoxy) is 1. The summed E-state index contributed by atoms with van der Waals surface area (Å²) in [5, 5.41) is 0. The van der Waals surface area contributed by atoms with Gasteiger partial charge >= 0.3 is 0 Å². The number of rotatable bonds is 4. The first-order valence-corrected chi connectivity index (χ1v) is 6.65. The van der Waals surface area contributed by atoms with Crippen molar-refractivity contribution in [1.82, 2.24) is 0 Å². The maximum Gasteiger partial charge on any atom is 0.122 e. The molecule has 2 nitrogen and oxygen atoms in total. The van der Waals surface area contributed by atoms with Gasteiger partial charge < -0.3 is 10.5 Å². The first-order chi connectivity index (χ1) is 8.24. The zero-order valence-corrected chi connectivity index (χ0v) is 12.6. The van der Waals surface area contributed by atoms with Crippen molar-refractivity contribution < 1.29 is 4.74 Å². The summed E-state index contributed by atoms with van der Waals surface area (Å²) < 4.78 is 5.33. The summed E-state index contributed by atoms with van der Waals surface area (Å²) in [5.41, 5.74) is 10.3. The molecule has 1 aromatic rings. The van der Waals surface area contributed by atoms with Gasteiger partial charge in [0.25, 0.3) is 0 Å². The highest BCUT2D eigenvalue weighted by molar-refractivity contribution is 5.42. The predicted octanol–water partition coefficient (Wildman–Crippen LogP) is 4.14. The first-order valence-electron chi connectivity index (χ1n) is 6.65. The molecule has 1 atom stereocenters. The normalized spacial score (nSPS) is 13.5. The average Bonchev–Trinajstić information content (AvgIpc) is 2.27. The SMILES string of the molecule is COc1cc(C)c(C(N)CCC(C)(C)C)cc1C. The number of hydrogen-bond donors (Lipinski definition) is 1. The minimum atomic E-state index is 0.119. The molecule has 0 saturated carbocycles. The summed E-state index contributed by atoms with van der Waals surface area (Å²) in [6, 6.07) is 4.37. The van der Waals surface area contributed by atoms with Crippen molar-refractivity contribution in [1.29, 1.82) is 0 Å². The van der Waals surface area contributed by atoms with Crippen LogP contribution in [0.4, 0.5) is 0 Å². The van der Waals surface area contributed by atoms with Gasteiger partial charge in [-0.2, -0.15) is 0 Å². The molecule has 0 amide bonds. The summed E-state index contributed by atoms with van der Waals surface area (Å²) in [6.07, 6.45) is 2.16. The first kappa shape index (κ1) is 15.0. The van der Waals surface area contributed by atoms with Gasteiger partial charge in [-0.15, -0.1) is 0 Å². The van der Waals surface area contributed by atoms with Gasteiger partial charge in [0.1, 0.15) is 5.75 Å². The van der Waals surface area contributed by atoms with E-state index in [2.05, 4.69) is 46.8 Å². The van der Waals surface area contributed by atoms with Crippen LogP contribution in [0.3, 0.4) is 0 Å². The third-order valence-electron chi connectivity index (χ3n) is 3.39. The molecule has 0 aromatic heterocycles. The molecule has 0 spiro atoms. The Labute approximate surface area is 112 Å². The van der Waals surface area contributed by atoms with Gasteiger partial charge in [-0.3, -0.25) is 0 Å². The molecule has 2 heteroatoms. The van der Waals surface area contributed by atoms with Crippen molar-refractivity contribution >= 4 is 0 Å². The summed E-state index contributed by atoms with van der Waals surface area (Å²) in [4.78, 5) is 0. The minimum absolute atomic E-state index is 0.119. The van der Waals surface area contributed by atoms with E-state index in [0.717, 1.165) is 24.2 Å². The van der Waals surface area contributed by atoms with Crippen LogP contribution < -0.4 is 10.5 Å². The van der Waals surface area contributed by atoms with Gasteiger partial charge in [0.15, 0.2) is 0 Å². The molecule has 0 heterocycles. The van der Waals surface area contributed by atoms with Crippen molar-refractivity contribution in [3.8, 4) is 5.75 Å². The van der Waals surface area contributed by atoms with Crippen molar-refractivity contribution in [2.24, 2.45) is 11.1 Å². The summed E-state index contributed by atoms with van der Waals surface area (Å²) in [6.45, 7) is 10.9. The van der Waals surface area contributed by atoms with Gasteiger partial charge in [0.05, 0.1) is 7.11 Å². The number of aryl methyl sites for hydroxylation is 2. The van der Waals surface area contributed by atoms with Crippen LogP contribution in [-0.4, -0.2) is 7.11 Å². The third-order valence-corrected chi connectivity index (χ3v) is 3.39. The smallest absolute Gasteiger partial charge is 0.122 e. The molecule has 0 aliphatic heterocycles. The van der Waals surface area contributed by atoms with Gasteiger partial charge in [-0.1, -0.05) is 26.8 Å². The second-order valence-electron chi connectivity index (χ2n) is 6.38. The van der Waals surface area contributed by atoms with Gasteiger partial charge in [0, 0.05) is 6.04 Å². The Morgan fingerprint density at radius 2 is 1.78 bits per heavy atom. The number of benzene rings is 1. The summed E-state index contributed by atoms with van der Waals surface area (Å²) >= 11 is 0. The van der Waals surface area contributed by atoms with Crippen LogP contribution in [0.25, 0.3) is 0 Å². The lowest BCUT2D eigenvalue weighted by molar-refractivity contribution is 0.349. The number of hydrogen-bond acceptors (Lipinski definition) is 2. The van der Waals surface area contributed by atoms with E-state index in [1.165, 1.54) is 11.1 Å². The summed E-state index contributed by atoms with van der Waals surface area (Å²) in [7, 11) is 1.71. The molecule has 1 rings (SSSR count). The third kappa shape index (κ3) is 4.02. The standard InChI is InChI=1S/C16H27NO/c1-11-10-15(18-6)12(2)9-13(11)14(17)7-8-16(3,4)5/h9-10,14H,7-8,17H2,1-6H3. The maximum absolute atomic E-state index is 6.32. The Morgan fingerprint density at radius 3 is 2.28 bits per heavy atom. The van der Waals surface area contributed by atoms with Crippen molar-refractivity contribution in [3.05, 3.63) is 28.8 Å². The van der Waals surface area contributed by atoms with Crippen LogP contribution in [0.15, 0.2) is 12.1 Å². The van der Waals surface area contributed by atoms with Crippen molar-refractivity contribution in [2.45, 2.75) is 53.5 Å². The van der Waals surface area contributed by atoms with Crippen LogP contribution in [0, 0.1) is 19.3 Å². The van der Waals surface area contributed by atoms with E-state index in [4.69, 9.17) is 10.5 Å². The van der Waals surface area contributed by atoms with Crippen LogP contribution in [0.5, 0.6) is 5.75 Å². The molecule has 102 valence electrons.